The molecular weight excluding hydrogens is 1230 g/mol. The van der Waals surface area contributed by atoms with Crippen LogP contribution in [0.5, 0.6) is 0 Å². The summed E-state index contributed by atoms with van der Waals surface area (Å²) >= 11 is 5.73. The smallest absolute Gasteiger partial charge is 0.325 e. The van der Waals surface area contributed by atoms with Crippen LogP contribution in [-0.2, 0) is 57.5 Å². The van der Waals surface area contributed by atoms with Crippen molar-refractivity contribution in [2.75, 3.05) is 68.3 Å². The molecule has 1 heterocycles. The topological polar surface area (TPSA) is 280 Å². The number of benzene rings is 1. The normalized spacial score (nSPS) is 18.7. The maximum Gasteiger partial charge on any atom is 0.325 e. The number of carbonyl (C=O) groups is 11. The molecule has 0 bridgehead atoms. The van der Waals surface area contributed by atoms with Crippen molar-refractivity contribution in [2.45, 2.75) is 216 Å². The first-order valence-electron chi connectivity index (χ1n) is 33.8. The van der Waals surface area contributed by atoms with Crippen LogP contribution in [0.15, 0.2) is 42.5 Å². The molecule has 1 saturated heterocycles. The van der Waals surface area contributed by atoms with Crippen molar-refractivity contribution in [1.29, 1.82) is 0 Å². The zero-order valence-corrected chi connectivity index (χ0v) is 62.3. The number of likely N-dealkylation sites (N-methyl/N-ethyl adjacent to an activating group) is 7. The predicted molar refractivity (Wildman–Crippen MR) is 375 cm³/mol. The number of hydrogen-bond acceptors (Lipinski definition) is 13. The van der Waals surface area contributed by atoms with Gasteiger partial charge in [-0.15, -0.1) is 0 Å². The molecule has 1 fully saturated rings. The number of thiocarbonyl (C=S) groups is 1. The minimum Gasteiger partial charge on any atom is -0.468 e. The Balaban J connectivity index is 2.44. The molecule has 10 amide bonds. The van der Waals surface area contributed by atoms with Crippen molar-refractivity contribution >= 4 is 88.1 Å². The van der Waals surface area contributed by atoms with Crippen LogP contribution in [0.3, 0.4) is 0 Å². The van der Waals surface area contributed by atoms with E-state index in [1.54, 1.807) is 32.7 Å². The summed E-state index contributed by atoms with van der Waals surface area (Å²) in [6.07, 6.45) is 5.98. The van der Waals surface area contributed by atoms with Crippen molar-refractivity contribution in [3.8, 4) is 0 Å². The van der Waals surface area contributed by atoms with E-state index in [9.17, 15) is 38.4 Å². The van der Waals surface area contributed by atoms with Gasteiger partial charge in [-0.05, 0) is 137 Å². The highest BCUT2D eigenvalue weighted by Crippen LogP contribution is 2.37. The van der Waals surface area contributed by atoms with E-state index in [0.29, 0.717) is 24.4 Å². The second-order valence-electron chi connectivity index (χ2n) is 28.2. The van der Waals surface area contributed by atoms with Crippen molar-refractivity contribution in [1.82, 2.24) is 55.6 Å². The highest BCUT2D eigenvalue weighted by Gasteiger charge is 2.49. The van der Waals surface area contributed by atoms with Crippen LogP contribution in [0.25, 0.3) is 0 Å². The minimum absolute atomic E-state index is 0.0831. The molecule has 1 aromatic rings. The van der Waals surface area contributed by atoms with Crippen LogP contribution in [-0.4, -0.2) is 228 Å². The number of nitrogens with one attached hydrogen (secondary N) is 5. The lowest BCUT2D eigenvalue weighted by Gasteiger charge is -2.40. The molecule has 536 valence electrons. The fourth-order valence-corrected chi connectivity index (χ4v) is 12.5. The van der Waals surface area contributed by atoms with E-state index >= 15 is 14.4 Å². The van der Waals surface area contributed by atoms with Crippen molar-refractivity contribution in [2.24, 2.45) is 47.3 Å². The van der Waals surface area contributed by atoms with Gasteiger partial charge in [0.05, 0.1) is 7.11 Å². The summed E-state index contributed by atoms with van der Waals surface area (Å²) in [4.78, 5) is 167. The number of rotatable bonds is 34. The van der Waals surface area contributed by atoms with Crippen LogP contribution < -0.4 is 26.6 Å². The highest BCUT2D eigenvalue weighted by molar-refractivity contribution is 7.80. The number of likely N-dealkylation sites (tertiary alicyclic amines) is 1. The number of methoxy groups -OCH3 is 1. The first kappa shape index (κ1) is 83.9. The molecule has 1 unspecified atom stereocenters. The summed E-state index contributed by atoms with van der Waals surface area (Å²) < 4.78 is 4.75. The van der Waals surface area contributed by atoms with Crippen LogP contribution in [0.4, 0.5) is 5.69 Å². The van der Waals surface area contributed by atoms with Gasteiger partial charge in [0.25, 0.3) is 0 Å². The number of nitrogens with zero attached hydrogens (tertiary/aromatic N) is 7. The Morgan fingerprint density at radius 1 is 0.621 bits per heavy atom. The maximum atomic E-state index is 15.2. The number of anilines is 1. The number of amides is 10. The van der Waals surface area contributed by atoms with Crippen molar-refractivity contribution in [3.05, 3.63) is 42.5 Å². The van der Waals surface area contributed by atoms with Crippen LogP contribution in [0, 0.1) is 47.3 Å². The lowest BCUT2D eigenvalue weighted by Crippen LogP contribution is -2.61. The van der Waals surface area contributed by atoms with Crippen molar-refractivity contribution < 1.29 is 57.5 Å². The van der Waals surface area contributed by atoms with Gasteiger partial charge in [-0.25, -0.2) is 0 Å². The maximum absolute atomic E-state index is 15.2. The summed E-state index contributed by atoms with van der Waals surface area (Å²) in [5.74, 6) is -7.96. The summed E-state index contributed by atoms with van der Waals surface area (Å²) in [6, 6.07) is -1.38. The van der Waals surface area contributed by atoms with Crippen LogP contribution >= 0.6 is 12.2 Å². The molecule has 2 rings (SSSR count). The van der Waals surface area contributed by atoms with Gasteiger partial charge in [-0.2, -0.15) is 0 Å². The van der Waals surface area contributed by atoms with Crippen molar-refractivity contribution in [3.63, 3.8) is 0 Å². The average Bonchev–Trinajstić information content (AvgIpc) is 1.71. The second-order valence-corrected chi connectivity index (χ2v) is 28.6. The first-order chi connectivity index (χ1) is 44.2. The molecule has 0 aromatic heterocycles. The van der Waals surface area contributed by atoms with Crippen LogP contribution in [0.1, 0.15) is 156 Å². The molecule has 95 heavy (non-hydrogen) atoms. The van der Waals surface area contributed by atoms with E-state index in [4.69, 9.17) is 17.0 Å². The monoisotopic (exact) mass is 1350 g/mol. The largest absolute Gasteiger partial charge is 0.468 e. The second kappa shape index (κ2) is 39.1. The number of para-hydroxylation sites is 1. The molecule has 0 saturated carbocycles. The lowest BCUT2D eigenvalue weighted by molar-refractivity contribution is -0.155. The quantitative estimate of drug-likeness (QED) is 0.0303. The number of ether oxygens (including phenoxy) is 1. The Hall–Kier alpha value is -7.18. The summed E-state index contributed by atoms with van der Waals surface area (Å²) in [7, 11) is 11.9. The summed E-state index contributed by atoms with van der Waals surface area (Å²) in [5.41, 5.74) is 0.751. The van der Waals surface area contributed by atoms with Gasteiger partial charge in [0.2, 0.25) is 59.1 Å². The Bertz CT molecular complexity index is 2800. The van der Waals surface area contributed by atoms with E-state index in [-0.39, 0.29) is 61.8 Å². The molecule has 1 aliphatic heterocycles. The van der Waals surface area contributed by atoms with E-state index in [1.807, 2.05) is 119 Å². The molecule has 0 spiro atoms. The molecule has 1 aliphatic rings. The molecule has 0 radical (unpaired) electrons. The van der Waals surface area contributed by atoms with Gasteiger partial charge >= 0.3 is 5.97 Å². The summed E-state index contributed by atoms with van der Waals surface area (Å²) in [5, 5.41) is 14.8. The Morgan fingerprint density at radius 2 is 1.09 bits per heavy atom. The van der Waals surface area contributed by atoms with E-state index < -0.39 is 143 Å². The van der Waals surface area contributed by atoms with E-state index in [1.165, 1.54) is 92.6 Å². The molecule has 25 heteroatoms. The fraction of sp³-hybridized carbons (Fsp3) is 0.714. The summed E-state index contributed by atoms with van der Waals surface area (Å²) in [6.45, 7) is 29.0. The first-order valence-corrected chi connectivity index (χ1v) is 34.2. The predicted octanol–water partition coefficient (Wildman–Crippen LogP) is 5.94. The van der Waals surface area contributed by atoms with Gasteiger partial charge < -0.3 is 65.6 Å². The van der Waals surface area contributed by atoms with E-state index in [2.05, 4.69) is 26.6 Å². The van der Waals surface area contributed by atoms with Gasteiger partial charge in [0, 0.05) is 55.0 Å². The highest BCUT2D eigenvalue weighted by atomic mass is 32.1. The Morgan fingerprint density at radius 3 is 1.59 bits per heavy atom. The Kier molecular flexibility index (Phi) is 34.6. The number of hydrogen-bond donors (Lipinski definition) is 5. The SMILES string of the molecule is C/C=C/C[C@@H](C)[C@H]1CC(C)[C@H](N(C)C(=O)[C@H](CC(C)C)N(C)C(=O)[C@H](CC(C)C)N(C)C(=O)[C@@H](C)NC(=O)[C@H](C)NC(=O)[C@H](CC(C)C)N(C)C(=O)[C@@H](NC(=O)[C@H](CC(C)C)N(C)C(=S)Nc2ccccc2)C(C)C)C(=O)N(C)[C@@H]1C(=O)N[C@@H](CC)C(=O)N(C)CC(=O)OC. The third-order valence-corrected chi connectivity index (χ3v) is 18.4. The van der Waals surface area contributed by atoms with E-state index in [0.717, 1.165) is 5.69 Å². The third-order valence-electron chi connectivity index (χ3n) is 18.0. The zero-order valence-electron chi connectivity index (χ0n) is 61.5. The van der Waals surface area contributed by atoms with Crippen LogP contribution in [0.2, 0.25) is 0 Å². The third kappa shape index (κ3) is 24.2. The number of allylic oxidation sites excluding steroid dienone is 2. The van der Waals surface area contributed by atoms with Gasteiger partial charge in [-0.1, -0.05) is 120 Å². The average molecular weight is 1350 g/mol. The molecule has 1 aromatic carbocycles. The fourth-order valence-electron chi connectivity index (χ4n) is 12.3. The molecular formula is C70H118N12O12S. The molecule has 13 atom stereocenters. The number of esters is 1. The molecule has 24 nitrogen and oxygen atoms in total. The minimum atomic E-state index is -1.22. The number of carbonyl (C=O) groups excluding carboxylic acids is 11. The standard InChI is InChI=1S/C70H118N12O12S/c1-25-27-31-45(13)50-38-46(14)58(69(93)82(23)59(50)63(87)74-51(26-2)65(89)76(17)39-56(83)94-24)81(22)67(91)55(37-43(9)10)79(20)66(90)54(36-42(7)8)78(19)64(88)48(16)72-60(84)47(15)71-61(85)52(34-40(3)4)77(18)68(92)57(44(11)12)75-62(86)53(35-41(5)6)80(21)70(95)73-49-32-29-28-30-33-49/h25,27-30,32-33,40-48,50-55,57-59H,26,31,34-39H2,1-24H3,(H,71,85)(H,72,84)(H,73,95)(H,74,87)(H,75,86)/b27-25+/t45-,46?,47+,48-,50-,51+,52+,53+,54+,55+,57+,58+,59+/m1/s1. The van der Waals surface area contributed by atoms with Gasteiger partial charge in [0.1, 0.15) is 67.0 Å². The molecule has 0 aliphatic carbocycles. The van der Waals surface area contributed by atoms with Gasteiger partial charge in [-0.3, -0.25) is 52.7 Å². The Labute approximate surface area is 572 Å². The van der Waals surface area contributed by atoms with Gasteiger partial charge in [0.15, 0.2) is 5.11 Å². The molecule has 5 N–H and O–H groups in total. The lowest BCUT2D eigenvalue weighted by atomic mass is 9.78. The zero-order chi connectivity index (χ0) is 72.8.